The van der Waals surface area contributed by atoms with Gasteiger partial charge in [-0.15, -0.1) is 0 Å². The molecule has 2 heteroatoms. The number of rotatable bonds is 6. The Hall–Kier alpha value is -0.860. The quantitative estimate of drug-likeness (QED) is 0.745. The molecule has 0 aromatic heterocycles. The molecule has 0 fully saturated rings. The zero-order valence-electron chi connectivity index (χ0n) is 9.28. The van der Waals surface area contributed by atoms with Crippen LogP contribution < -0.4 is 11.5 Å². The molecule has 15 heavy (non-hydrogen) atoms. The Kier molecular flexibility index (Phi) is 5.37. The molecule has 1 atom stereocenters. The van der Waals surface area contributed by atoms with Crippen molar-refractivity contribution in [1.29, 1.82) is 0 Å². The van der Waals surface area contributed by atoms with Crippen LogP contribution in [-0.2, 0) is 13.0 Å². The molecule has 0 spiro atoms. The first kappa shape index (κ1) is 12.2. The number of benzene rings is 1. The van der Waals surface area contributed by atoms with Gasteiger partial charge >= 0.3 is 0 Å². The van der Waals surface area contributed by atoms with Crippen molar-refractivity contribution in [3.8, 4) is 0 Å². The second-order valence-corrected chi connectivity index (χ2v) is 3.95. The van der Waals surface area contributed by atoms with E-state index in [4.69, 9.17) is 11.5 Å². The predicted molar refractivity (Wildman–Crippen MR) is 65.2 cm³/mol. The molecule has 1 rings (SSSR count). The zero-order chi connectivity index (χ0) is 11.1. The van der Waals surface area contributed by atoms with Crippen molar-refractivity contribution in [3.05, 3.63) is 42.3 Å². The lowest BCUT2D eigenvalue weighted by Gasteiger charge is -2.11. The Labute approximate surface area is 92.7 Å². The average molecular weight is 205 g/mol. The summed E-state index contributed by atoms with van der Waals surface area (Å²) in [5.74, 6) is 0.555. The summed E-state index contributed by atoms with van der Waals surface area (Å²) in [6, 6.07) is 8.49. The maximum atomic E-state index is 5.64. The summed E-state index contributed by atoms with van der Waals surface area (Å²) < 4.78 is 0. The summed E-state index contributed by atoms with van der Waals surface area (Å²) in [7, 11) is 0. The molecule has 0 heterocycles. The van der Waals surface area contributed by atoms with E-state index in [9.17, 15) is 0 Å². The van der Waals surface area contributed by atoms with E-state index in [1.807, 2.05) is 0 Å². The molecule has 0 bridgehead atoms. The fourth-order valence-corrected chi connectivity index (χ4v) is 1.59. The largest absolute Gasteiger partial charge is 0.330 e. The molecule has 1 radical (unpaired) electrons. The first-order valence-corrected chi connectivity index (χ1v) is 5.57. The first-order valence-electron chi connectivity index (χ1n) is 5.57. The molecule has 2 nitrogen and oxygen atoms in total. The number of hydrogen-bond acceptors (Lipinski definition) is 2. The van der Waals surface area contributed by atoms with E-state index in [1.165, 1.54) is 11.1 Å². The topological polar surface area (TPSA) is 52.0 Å². The highest BCUT2D eigenvalue weighted by Gasteiger charge is 2.03. The van der Waals surface area contributed by atoms with Crippen LogP contribution >= 0.6 is 0 Å². The van der Waals surface area contributed by atoms with E-state index in [1.54, 1.807) is 0 Å². The molecule has 83 valence electrons. The maximum Gasteiger partial charge on any atom is 0.0178 e. The summed E-state index contributed by atoms with van der Waals surface area (Å²) in [5, 5.41) is 0. The van der Waals surface area contributed by atoms with Crippen LogP contribution in [0.4, 0.5) is 0 Å². The van der Waals surface area contributed by atoms with E-state index < -0.39 is 0 Å². The van der Waals surface area contributed by atoms with E-state index in [0.29, 0.717) is 12.5 Å². The number of hydrogen-bond donors (Lipinski definition) is 2. The minimum absolute atomic E-state index is 0.555. The molecule has 1 aromatic rings. The summed E-state index contributed by atoms with van der Waals surface area (Å²) in [6.45, 7) is 5.26. The maximum absolute atomic E-state index is 5.64. The van der Waals surface area contributed by atoms with E-state index in [2.05, 4.69) is 31.2 Å². The second kappa shape index (κ2) is 6.59. The fourth-order valence-electron chi connectivity index (χ4n) is 1.59. The van der Waals surface area contributed by atoms with Crippen LogP contribution in [0, 0.1) is 12.8 Å². The van der Waals surface area contributed by atoms with Crippen LogP contribution in [0.3, 0.4) is 0 Å². The molecular weight excluding hydrogens is 184 g/mol. The van der Waals surface area contributed by atoms with Gasteiger partial charge in [-0.3, -0.25) is 0 Å². The molecule has 1 unspecified atom stereocenters. The highest BCUT2D eigenvalue weighted by Crippen LogP contribution is 2.12. The lowest BCUT2D eigenvalue weighted by atomic mass is 9.97. The predicted octanol–water partition coefficient (Wildman–Crippen LogP) is 1.88. The number of nitrogens with two attached hydrogens (primary N) is 2. The highest BCUT2D eigenvalue weighted by atomic mass is 14.5. The van der Waals surface area contributed by atoms with Crippen LogP contribution in [-0.4, -0.2) is 6.54 Å². The van der Waals surface area contributed by atoms with Crippen molar-refractivity contribution in [3.63, 3.8) is 0 Å². The fraction of sp³-hybridized carbons (Fsp3) is 0.462. The Morgan fingerprint density at radius 2 is 1.67 bits per heavy atom. The Bertz CT molecular complexity index is 262. The van der Waals surface area contributed by atoms with Crippen molar-refractivity contribution in [2.45, 2.75) is 25.8 Å². The van der Waals surface area contributed by atoms with Crippen molar-refractivity contribution in [2.75, 3.05) is 6.54 Å². The minimum atomic E-state index is 0.555. The van der Waals surface area contributed by atoms with Gasteiger partial charge in [-0.25, -0.2) is 0 Å². The Balaban J connectivity index is 2.43. The molecular formula is C13H21N2. The molecule has 0 saturated heterocycles. The summed E-state index contributed by atoms with van der Waals surface area (Å²) in [5.41, 5.74) is 13.7. The summed E-state index contributed by atoms with van der Waals surface area (Å²) in [4.78, 5) is 0. The zero-order valence-corrected chi connectivity index (χ0v) is 9.28. The SMILES string of the molecule is [CH2]CC(CN)CCc1ccc(CN)cc1. The highest BCUT2D eigenvalue weighted by molar-refractivity contribution is 5.22. The van der Waals surface area contributed by atoms with Gasteiger partial charge in [0.25, 0.3) is 0 Å². The van der Waals surface area contributed by atoms with Crippen molar-refractivity contribution in [1.82, 2.24) is 0 Å². The Morgan fingerprint density at radius 1 is 1.07 bits per heavy atom. The van der Waals surface area contributed by atoms with Gasteiger partial charge in [-0.05, 0) is 42.9 Å². The van der Waals surface area contributed by atoms with Gasteiger partial charge in [0.05, 0.1) is 0 Å². The third kappa shape index (κ3) is 4.02. The average Bonchev–Trinajstić information content (AvgIpc) is 2.31. The third-order valence-electron chi connectivity index (χ3n) is 2.84. The lowest BCUT2D eigenvalue weighted by Crippen LogP contribution is -2.14. The van der Waals surface area contributed by atoms with E-state index >= 15 is 0 Å². The van der Waals surface area contributed by atoms with Gasteiger partial charge in [0.1, 0.15) is 0 Å². The van der Waals surface area contributed by atoms with E-state index in [-0.39, 0.29) is 0 Å². The van der Waals surface area contributed by atoms with Crippen LogP contribution in [0.2, 0.25) is 0 Å². The van der Waals surface area contributed by atoms with Crippen molar-refractivity contribution in [2.24, 2.45) is 17.4 Å². The molecule has 0 amide bonds. The Morgan fingerprint density at radius 3 is 2.13 bits per heavy atom. The van der Waals surface area contributed by atoms with Crippen LogP contribution in [0.25, 0.3) is 0 Å². The molecule has 0 aliphatic rings. The standard InChI is InChI=1S/C13H21N2/c1-2-11(9-14)3-4-12-5-7-13(10-15)8-6-12/h5-8,11H,1-4,9-10,14-15H2. The normalized spacial score (nSPS) is 12.7. The smallest absolute Gasteiger partial charge is 0.0178 e. The summed E-state index contributed by atoms with van der Waals surface area (Å²) in [6.07, 6.45) is 3.14. The van der Waals surface area contributed by atoms with Gasteiger partial charge in [-0.1, -0.05) is 31.2 Å². The van der Waals surface area contributed by atoms with Gasteiger partial charge in [-0.2, -0.15) is 0 Å². The lowest BCUT2D eigenvalue weighted by molar-refractivity contribution is 0.501. The second-order valence-electron chi connectivity index (χ2n) is 3.95. The van der Waals surface area contributed by atoms with Crippen LogP contribution in [0.1, 0.15) is 24.0 Å². The van der Waals surface area contributed by atoms with Gasteiger partial charge < -0.3 is 11.5 Å². The molecule has 0 aliphatic carbocycles. The van der Waals surface area contributed by atoms with Crippen molar-refractivity contribution >= 4 is 0 Å². The summed E-state index contributed by atoms with van der Waals surface area (Å²) >= 11 is 0. The number of aryl methyl sites for hydroxylation is 1. The molecule has 4 N–H and O–H groups in total. The molecule has 0 saturated carbocycles. The van der Waals surface area contributed by atoms with Crippen LogP contribution in [0.15, 0.2) is 24.3 Å². The van der Waals surface area contributed by atoms with Crippen molar-refractivity contribution < 1.29 is 0 Å². The monoisotopic (exact) mass is 205 g/mol. The van der Waals surface area contributed by atoms with Gasteiger partial charge in [0, 0.05) is 6.54 Å². The van der Waals surface area contributed by atoms with Crippen LogP contribution in [0.5, 0.6) is 0 Å². The molecule has 1 aromatic carbocycles. The first-order chi connectivity index (χ1) is 7.30. The van der Waals surface area contributed by atoms with E-state index in [0.717, 1.165) is 25.8 Å². The minimum Gasteiger partial charge on any atom is -0.330 e. The van der Waals surface area contributed by atoms with Gasteiger partial charge in [0.15, 0.2) is 0 Å². The van der Waals surface area contributed by atoms with Gasteiger partial charge in [0.2, 0.25) is 0 Å². The third-order valence-corrected chi connectivity index (χ3v) is 2.84. The molecule has 0 aliphatic heterocycles.